The highest BCUT2D eigenvalue weighted by Gasteiger charge is 2.65. The molecular weight excluding hydrogens is 649 g/mol. The smallest absolute Gasteiger partial charge is 0.278 e. The van der Waals surface area contributed by atoms with Gasteiger partial charge in [0.05, 0.1) is 28.7 Å². The molecule has 2 saturated carbocycles. The third kappa shape index (κ3) is 5.45. The molecule has 2 fully saturated rings. The molecule has 0 amide bonds. The third-order valence-corrected chi connectivity index (χ3v) is 18.8. The van der Waals surface area contributed by atoms with Crippen molar-refractivity contribution in [2.24, 2.45) is 16.7 Å². The molecule has 10 heteroatoms. The van der Waals surface area contributed by atoms with E-state index in [0.717, 1.165) is 40.0 Å². The van der Waals surface area contributed by atoms with E-state index < -0.39 is 31.3 Å². The lowest BCUT2D eigenvalue weighted by atomic mass is 9.70. The fourth-order valence-electron chi connectivity index (χ4n) is 6.71. The molecule has 0 saturated heterocycles. The zero-order chi connectivity index (χ0) is 31.5. The number of hydrogen-bond donors (Lipinski definition) is 0. The second-order valence-corrected chi connectivity index (χ2v) is 20.9. The maximum Gasteiger partial charge on any atom is 0.278 e. The SMILES string of the molecule is CC(=O)c1ccc(Sc2ccc(S(OS(=O)(=O)CC34CCC(CC3=O)C4(C)C)(c3ccc(C)cc3)c3ccc(C)cc3)s2)s1. The quantitative estimate of drug-likeness (QED) is 0.155. The monoisotopic (exact) mass is 684 g/mol. The molecule has 2 aromatic heterocycles. The van der Waals surface area contributed by atoms with Crippen LogP contribution in [0.1, 0.15) is 60.8 Å². The van der Waals surface area contributed by atoms with Gasteiger partial charge in [0.15, 0.2) is 5.78 Å². The topological polar surface area (TPSA) is 77.5 Å². The lowest BCUT2D eigenvalue weighted by Gasteiger charge is -2.41. The van der Waals surface area contributed by atoms with Gasteiger partial charge in [-0.2, -0.15) is 8.42 Å². The van der Waals surface area contributed by atoms with Crippen LogP contribution in [0.3, 0.4) is 0 Å². The molecule has 6 rings (SSSR count). The predicted octanol–water partition coefficient (Wildman–Crippen LogP) is 9.72. The number of carbonyl (C=O) groups excluding carboxylic acids is 2. The molecule has 4 aromatic rings. The van der Waals surface area contributed by atoms with E-state index in [4.69, 9.17) is 3.63 Å². The summed E-state index contributed by atoms with van der Waals surface area (Å²) < 4.78 is 38.3. The number of Topliss-reactive ketones (excluding diaryl/α,β-unsaturated/α-hetero) is 2. The summed E-state index contributed by atoms with van der Waals surface area (Å²) in [4.78, 5) is 27.5. The van der Waals surface area contributed by atoms with Crippen LogP contribution in [0.4, 0.5) is 0 Å². The second kappa shape index (κ2) is 11.5. The highest BCUT2D eigenvalue weighted by Crippen LogP contribution is 2.73. The molecular formula is C34H36O5S5. The normalized spacial score (nSPS) is 21.6. The third-order valence-electron chi connectivity index (χ3n) is 9.44. The van der Waals surface area contributed by atoms with Crippen molar-refractivity contribution in [3.63, 3.8) is 0 Å². The van der Waals surface area contributed by atoms with E-state index in [1.54, 1.807) is 18.7 Å². The summed E-state index contributed by atoms with van der Waals surface area (Å²) in [5.41, 5.74) is 0.777. The Kier molecular flexibility index (Phi) is 8.33. The van der Waals surface area contributed by atoms with Gasteiger partial charge in [-0.15, -0.1) is 22.7 Å². The number of rotatable bonds is 10. The Hall–Kier alpha value is -2.21. The van der Waals surface area contributed by atoms with Gasteiger partial charge >= 0.3 is 0 Å². The van der Waals surface area contributed by atoms with Crippen molar-refractivity contribution in [3.05, 3.63) is 88.8 Å². The van der Waals surface area contributed by atoms with E-state index >= 15 is 0 Å². The molecule has 0 N–H and O–H groups in total. The van der Waals surface area contributed by atoms with Gasteiger partial charge in [0.1, 0.15) is 5.78 Å². The molecule has 0 spiro atoms. The van der Waals surface area contributed by atoms with Crippen molar-refractivity contribution in [1.29, 1.82) is 0 Å². The minimum atomic E-state index is -4.21. The Morgan fingerprint density at radius 2 is 1.45 bits per heavy atom. The molecule has 2 unspecified atom stereocenters. The number of hydrogen-bond acceptors (Lipinski definition) is 8. The summed E-state index contributed by atoms with van der Waals surface area (Å²) in [6, 6.07) is 23.6. The van der Waals surface area contributed by atoms with Gasteiger partial charge in [0.25, 0.3) is 10.1 Å². The first-order valence-electron chi connectivity index (χ1n) is 14.6. The van der Waals surface area contributed by atoms with Gasteiger partial charge < -0.3 is 0 Å². The summed E-state index contributed by atoms with van der Waals surface area (Å²) >= 11 is 4.52. The molecule has 2 aromatic carbocycles. The maximum absolute atomic E-state index is 14.5. The molecule has 2 bridgehead atoms. The zero-order valence-electron chi connectivity index (χ0n) is 25.4. The van der Waals surface area contributed by atoms with Crippen LogP contribution in [0.5, 0.6) is 0 Å². The van der Waals surface area contributed by atoms with E-state index in [-0.39, 0.29) is 23.2 Å². The van der Waals surface area contributed by atoms with E-state index in [1.165, 1.54) is 22.7 Å². The molecule has 2 aliphatic carbocycles. The number of ketones is 2. The standard InChI is InChI=1S/C34H36O5S5/c1-22-6-10-26(11-7-22)44(27-12-8-23(2)9-13-27,32-17-16-31(42-32)41-30-15-14-28(40-30)24(3)35)39-43(37,38)21-34-19-18-25(20-29(34)36)33(34,4)5/h6-17,25H,18-21H2,1-5H3. The van der Waals surface area contributed by atoms with Crippen LogP contribution in [0.2, 0.25) is 0 Å². The first-order chi connectivity index (χ1) is 20.8. The Labute approximate surface area is 274 Å². The van der Waals surface area contributed by atoms with Crippen molar-refractivity contribution < 1.29 is 21.6 Å². The number of thiophene rings is 2. The second-order valence-electron chi connectivity index (χ2n) is 12.5. The van der Waals surface area contributed by atoms with Crippen LogP contribution in [0.15, 0.2) is 95.2 Å². The summed E-state index contributed by atoms with van der Waals surface area (Å²) in [6.07, 6.45) is 1.88. The first kappa shape index (κ1) is 31.8. The Morgan fingerprint density at radius 3 is 1.95 bits per heavy atom. The van der Waals surface area contributed by atoms with Crippen LogP contribution in [0, 0.1) is 30.6 Å². The van der Waals surface area contributed by atoms with Gasteiger partial charge in [-0.25, -0.2) is 3.63 Å². The fraction of sp³-hybridized carbons (Fsp3) is 0.353. The lowest BCUT2D eigenvalue weighted by Crippen LogP contribution is -2.42. The van der Waals surface area contributed by atoms with Gasteiger partial charge in [-0.1, -0.05) is 61.0 Å². The fourth-order valence-corrected chi connectivity index (χ4v) is 17.2. The van der Waals surface area contributed by atoms with Crippen LogP contribution in [-0.2, 0) is 18.5 Å². The summed E-state index contributed by atoms with van der Waals surface area (Å²) in [7, 11) is -6.98. The minimum Gasteiger partial charge on any atom is -0.299 e. The van der Waals surface area contributed by atoms with Crippen molar-refractivity contribution in [2.75, 3.05) is 5.75 Å². The molecule has 0 radical (unpaired) electrons. The van der Waals surface area contributed by atoms with Gasteiger partial charge in [0.2, 0.25) is 0 Å². The average molecular weight is 685 g/mol. The molecule has 2 aliphatic rings. The molecule has 5 nitrogen and oxygen atoms in total. The van der Waals surface area contributed by atoms with E-state index in [0.29, 0.717) is 17.7 Å². The largest absolute Gasteiger partial charge is 0.299 e. The van der Waals surface area contributed by atoms with Crippen LogP contribution in [-0.4, -0.2) is 25.7 Å². The number of carbonyl (C=O) groups is 2. The number of benzene rings is 2. The van der Waals surface area contributed by atoms with Crippen molar-refractivity contribution >= 4 is 66.4 Å². The number of aryl methyl sites for hydroxylation is 2. The molecule has 0 aliphatic heterocycles. The summed E-state index contributed by atoms with van der Waals surface area (Å²) in [5, 5.41) is 0. The van der Waals surface area contributed by atoms with Crippen molar-refractivity contribution in [3.8, 4) is 0 Å². The van der Waals surface area contributed by atoms with Crippen molar-refractivity contribution in [2.45, 2.75) is 76.3 Å². The van der Waals surface area contributed by atoms with Crippen LogP contribution >= 0.6 is 44.7 Å². The lowest BCUT2D eigenvalue weighted by molar-refractivity contribution is -0.128. The molecule has 2 heterocycles. The molecule has 44 heavy (non-hydrogen) atoms. The summed E-state index contributed by atoms with van der Waals surface area (Å²) in [6.45, 7) is 9.67. The van der Waals surface area contributed by atoms with E-state index in [1.807, 2.05) is 86.6 Å². The van der Waals surface area contributed by atoms with Gasteiger partial charge in [0, 0.05) is 16.2 Å². The van der Waals surface area contributed by atoms with E-state index in [2.05, 4.69) is 13.8 Å². The highest BCUT2D eigenvalue weighted by molar-refractivity contribution is 8.34. The molecule has 2 atom stereocenters. The average Bonchev–Trinajstić information content (AvgIpc) is 3.72. The molecule has 232 valence electrons. The van der Waals surface area contributed by atoms with Crippen LogP contribution in [0.25, 0.3) is 0 Å². The first-order valence-corrected chi connectivity index (χ1v) is 20.2. The van der Waals surface area contributed by atoms with Crippen LogP contribution < -0.4 is 0 Å². The zero-order valence-corrected chi connectivity index (χ0v) is 29.5. The number of fused-ring (bicyclic) bond motifs is 2. The Bertz CT molecular complexity index is 1790. The highest BCUT2D eigenvalue weighted by atomic mass is 32.3. The van der Waals surface area contributed by atoms with Gasteiger partial charge in [-0.05, 0) is 104 Å². The Balaban J connectivity index is 1.48. The Morgan fingerprint density at radius 1 is 0.886 bits per heavy atom. The van der Waals surface area contributed by atoms with E-state index in [9.17, 15) is 18.0 Å². The van der Waals surface area contributed by atoms with Crippen molar-refractivity contribution in [1.82, 2.24) is 0 Å². The maximum atomic E-state index is 14.5. The van der Waals surface area contributed by atoms with Gasteiger partial charge in [-0.3, -0.25) is 9.59 Å². The minimum absolute atomic E-state index is 0.0338. The summed E-state index contributed by atoms with van der Waals surface area (Å²) in [5.74, 6) is -0.0290. The predicted molar refractivity (Wildman–Crippen MR) is 181 cm³/mol.